The molecule has 3 aromatic carbocycles. The highest BCUT2D eigenvalue weighted by Gasteiger charge is 2.16. The molecule has 0 bridgehead atoms. The molecule has 0 atom stereocenters. The fraction of sp³-hybridized carbons (Fsp3) is 0.0455. The van der Waals surface area contributed by atoms with E-state index >= 15 is 0 Å². The number of oxazole rings is 1. The number of para-hydroxylation sites is 1. The van der Waals surface area contributed by atoms with E-state index in [2.05, 4.69) is 10.3 Å². The van der Waals surface area contributed by atoms with E-state index in [1.807, 2.05) is 36.4 Å². The summed E-state index contributed by atoms with van der Waals surface area (Å²) in [6.45, 7) is -0.288. The Morgan fingerprint density at radius 2 is 1.91 bits per heavy atom. The number of benzene rings is 3. The monoisotopic (exact) mass is 446 g/mol. The maximum Gasteiger partial charge on any atom is 0.420 e. The van der Waals surface area contributed by atoms with E-state index in [4.69, 9.17) is 4.42 Å². The van der Waals surface area contributed by atoms with Crippen LogP contribution < -0.4 is 11.1 Å². The molecule has 0 radical (unpaired) electrons. The second-order valence-electron chi connectivity index (χ2n) is 6.98. The molecule has 0 unspecified atom stereocenters. The average Bonchev–Trinajstić information content (AvgIpc) is 3.35. The fourth-order valence-electron chi connectivity index (χ4n) is 3.35. The van der Waals surface area contributed by atoms with Crippen molar-refractivity contribution in [2.24, 2.45) is 0 Å². The molecular weight excluding hydrogens is 432 g/mol. The molecular formula is C22H14N4O5S. The van der Waals surface area contributed by atoms with Crippen LogP contribution in [0.3, 0.4) is 0 Å². The summed E-state index contributed by atoms with van der Waals surface area (Å²) in [5, 5.41) is 14.5. The zero-order valence-electron chi connectivity index (χ0n) is 16.3. The van der Waals surface area contributed by atoms with E-state index in [-0.39, 0.29) is 17.8 Å². The van der Waals surface area contributed by atoms with Gasteiger partial charge in [-0.25, -0.2) is 9.78 Å². The minimum Gasteiger partial charge on any atom is -0.407 e. The van der Waals surface area contributed by atoms with Gasteiger partial charge >= 0.3 is 5.76 Å². The van der Waals surface area contributed by atoms with Crippen molar-refractivity contribution in [3.05, 3.63) is 87.4 Å². The van der Waals surface area contributed by atoms with Gasteiger partial charge in [0, 0.05) is 17.3 Å². The molecule has 1 N–H and O–H groups in total. The maximum absolute atomic E-state index is 12.5. The number of rotatable bonds is 5. The van der Waals surface area contributed by atoms with Crippen LogP contribution in [0.15, 0.2) is 75.9 Å². The van der Waals surface area contributed by atoms with Crippen LogP contribution in [0.4, 0.5) is 11.4 Å². The summed E-state index contributed by atoms with van der Waals surface area (Å²) in [6.07, 6.45) is 0. The summed E-state index contributed by atoms with van der Waals surface area (Å²) in [4.78, 5) is 39.5. The van der Waals surface area contributed by atoms with Crippen molar-refractivity contribution in [2.75, 3.05) is 5.32 Å². The first-order valence-corrected chi connectivity index (χ1v) is 10.3. The summed E-state index contributed by atoms with van der Waals surface area (Å²) in [5.41, 5.74) is 2.60. The van der Waals surface area contributed by atoms with Gasteiger partial charge < -0.3 is 9.73 Å². The highest BCUT2D eigenvalue weighted by Crippen LogP contribution is 2.30. The molecule has 0 saturated carbocycles. The quantitative estimate of drug-likeness (QED) is 0.315. The number of nitro groups is 1. The Labute approximate surface area is 183 Å². The van der Waals surface area contributed by atoms with Crippen molar-refractivity contribution in [1.29, 1.82) is 0 Å². The van der Waals surface area contributed by atoms with Gasteiger partial charge in [0.15, 0.2) is 5.58 Å². The van der Waals surface area contributed by atoms with Crippen molar-refractivity contribution in [1.82, 2.24) is 9.55 Å². The number of nitrogens with zero attached hydrogens (tertiary/aromatic N) is 3. The zero-order chi connectivity index (χ0) is 22.2. The predicted octanol–water partition coefficient (Wildman–Crippen LogP) is 4.42. The molecule has 1 amide bonds. The molecule has 5 rings (SSSR count). The van der Waals surface area contributed by atoms with Crippen molar-refractivity contribution < 1.29 is 14.1 Å². The molecule has 2 aromatic heterocycles. The van der Waals surface area contributed by atoms with E-state index in [1.165, 1.54) is 12.1 Å². The number of nitro benzene ring substituents is 1. The minimum absolute atomic E-state index is 0.0530. The van der Waals surface area contributed by atoms with Gasteiger partial charge in [-0.15, -0.1) is 11.3 Å². The SMILES string of the molecule is O=C(Cn1c(=O)oc2cc([N+](=O)[O-])ccc21)Nc1ccc(-c2nc3ccccc3s2)cc1. The molecule has 10 heteroatoms. The number of carbonyl (C=O) groups is 1. The number of aromatic nitrogens is 2. The fourth-order valence-corrected chi connectivity index (χ4v) is 4.33. The van der Waals surface area contributed by atoms with E-state index in [0.717, 1.165) is 31.4 Å². The normalized spacial score (nSPS) is 11.1. The summed E-state index contributed by atoms with van der Waals surface area (Å²) in [6, 6.07) is 19.0. The predicted molar refractivity (Wildman–Crippen MR) is 121 cm³/mol. The molecule has 0 aliphatic rings. The van der Waals surface area contributed by atoms with Gasteiger partial charge in [0.2, 0.25) is 5.91 Å². The lowest BCUT2D eigenvalue weighted by molar-refractivity contribution is -0.384. The Morgan fingerprint density at radius 1 is 1.12 bits per heavy atom. The minimum atomic E-state index is -0.762. The maximum atomic E-state index is 12.5. The number of nitrogens with one attached hydrogen (secondary N) is 1. The Balaban J connectivity index is 1.32. The van der Waals surface area contributed by atoms with Crippen LogP contribution in [-0.2, 0) is 11.3 Å². The number of carbonyl (C=O) groups excluding carboxylic acids is 1. The zero-order valence-corrected chi connectivity index (χ0v) is 17.2. The molecule has 0 aliphatic heterocycles. The molecule has 0 aliphatic carbocycles. The van der Waals surface area contributed by atoms with E-state index in [1.54, 1.807) is 23.5 Å². The smallest absolute Gasteiger partial charge is 0.407 e. The summed E-state index contributed by atoms with van der Waals surface area (Å²) < 4.78 is 7.28. The third-order valence-corrected chi connectivity index (χ3v) is 5.96. The third kappa shape index (κ3) is 3.63. The van der Waals surface area contributed by atoms with E-state index in [0.29, 0.717) is 11.2 Å². The van der Waals surface area contributed by atoms with Crippen molar-refractivity contribution in [3.8, 4) is 10.6 Å². The summed E-state index contributed by atoms with van der Waals surface area (Å²) in [5.74, 6) is -1.19. The molecule has 9 nitrogen and oxygen atoms in total. The van der Waals surface area contributed by atoms with Gasteiger partial charge in [0.25, 0.3) is 5.69 Å². The summed E-state index contributed by atoms with van der Waals surface area (Å²) in [7, 11) is 0. The number of thiazole rings is 1. The van der Waals surface area contributed by atoms with E-state index in [9.17, 15) is 19.7 Å². The number of hydrogen-bond acceptors (Lipinski definition) is 7. The number of hydrogen-bond donors (Lipinski definition) is 1. The Hall–Kier alpha value is -4.31. The molecule has 0 fully saturated rings. The highest BCUT2D eigenvalue weighted by atomic mass is 32.1. The first kappa shape index (κ1) is 19.6. The van der Waals surface area contributed by atoms with Gasteiger partial charge in [-0.2, -0.15) is 0 Å². The molecule has 2 heterocycles. The van der Waals surface area contributed by atoms with Gasteiger partial charge in [0.1, 0.15) is 11.6 Å². The van der Waals surface area contributed by atoms with E-state index < -0.39 is 16.6 Å². The topological polar surface area (TPSA) is 120 Å². The van der Waals surface area contributed by atoms with Crippen molar-refractivity contribution in [2.45, 2.75) is 6.54 Å². The van der Waals surface area contributed by atoms with Crippen LogP contribution in [0.1, 0.15) is 0 Å². The van der Waals surface area contributed by atoms with Gasteiger partial charge in [0.05, 0.1) is 26.7 Å². The number of amides is 1. The lowest BCUT2D eigenvalue weighted by Gasteiger charge is -2.06. The Morgan fingerprint density at radius 3 is 2.66 bits per heavy atom. The van der Waals surface area contributed by atoms with Gasteiger partial charge in [-0.3, -0.25) is 19.5 Å². The lowest BCUT2D eigenvalue weighted by Crippen LogP contribution is -2.24. The Kier molecular flexibility index (Phi) is 4.75. The number of fused-ring (bicyclic) bond motifs is 2. The molecule has 32 heavy (non-hydrogen) atoms. The largest absolute Gasteiger partial charge is 0.420 e. The van der Waals surface area contributed by atoms with Crippen LogP contribution in [0.2, 0.25) is 0 Å². The van der Waals surface area contributed by atoms with Crippen LogP contribution in [0.25, 0.3) is 31.9 Å². The second kappa shape index (κ2) is 7.75. The highest BCUT2D eigenvalue weighted by molar-refractivity contribution is 7.21. The van der Waals surface area contributed by atoms with Crippen molar-refractivity contribution >= 4 is 49.9 Å². The molecule has 158 valence electrons. The molecule has 0 saturated heterocycles. The van der Waals surface area contributed by atoms with Crippen LogP contribution in [-0.4, -0.2) is 20.4 Å². The second-order valence-corrected chi connectivity index (χ2v) is 8.01. The third-order valence-electron chi connectivity index (χ3n) is 4.87. The first-order valence-electron chi connectivity index (χ1n) is 9.51. The number of non-ortho nitro benzene ring substituents is 1. The standard InChI is InChI=1S/C22H14N4O5S/c27-20(12-25-17-10-9-15(26(29)30)11-18(17)31-22(25)28)23-14-7-5-13(6-8-14)21-24-16-3-1-2-4-19(16)32-21/h1-11H,12H2,(H,23,27). The van der Waals surface area contributed by atoms with Crippen molar-refractivity contribution in [3.63, 3.8) is 0 Å². The Bertz CT molecular complexity index is 1520. The molecule has 5 aromatic rings. The van der Waals surface area contributed by atoms with Gasteiger partial charge in [-0.1, -0.05) is 12.1 Å². The van der Waals surface area contributed by atoms with Crippen LogP contribution in [0, 0.1) is 10.1 Å². The number of anilines is 1. The molecule has 0 spiro atoms. The van der Waals surface area contributed by atoms with Crippen LogP contribution in [0.5, 0.6) is 0 Å². The van der Waals surface area contributed by atoms with Crippen LogP contribution >= 0.6 is 11.3 Å². The lowest BCUT2D eigenvalue weighted by atomic mass is 10.2. The summed E-state index contributed by atoms with van der Waals surface area (Å²) >= 11 is 1.59. The van der Waals surface area contributed by atoms with Gasteiger partial charge in [-0.05, 0) is 42.5 Å². The first-order chi connectivity index (χ1) is 15.5. The average molecular weight is 446 g/mol.